The van der Waals surface area contributed by atoms with Gasteiger partial charge in [-0.15, -0.1) is 0 Å². The Bertz CT molecular complexity index is 578. The third-order valence-corrected chi connectivity index (χ3v) is 5.64. The quantitative estimate of drug-likeness (QED) is 0.453. The molecule has 0 saturated heterocycles. The summed E-state index contributed by atoms with van der Waals surface area (Å²) in [4.78, 5) is 4.67. The smallest absolute Gasteiger partial charge is 0.193 e. The van der Waals surface area contributed by atoms with Gasteiger partial charge in [-0.1, -0.05) is 18.6 Å². The van der Waals surface area contributed by atoms with E-state index in [1.165, 1.54) is 49.7 Å². The largest absolute Gasteiger partial charge is 0.382 e. The van der Waals surface area contributed by atoms with E-state index in [9.17, 15) is 0 Å². The van der Waals surface area contributed by atoms with E-state index in [0.29, 0.717) is 11.4 Å². The lowest BCUT2D eigenvalue weighted by Crippen LogP contribution is -2.35. The average Bonchev–Trinajstić information content (AvgIpc) is 2.57. The van der Waals surface area contributed by atoms with Gasteiger partial charge >= 0.3 is 0 Å². The zero-order valence-corrected chi connectivity index (χ0v) is 14.9. The van der Waals surface area contributed by atoms with Crippen molar-refractivity contribution in [2.75, 3.05) is 25.1 Å². The SMILES string of the molecule is CCOCCC1(CN=C(N)Nc2cccc3c2CCCC3)CCC1. The third kappa shape index (κ3) is 4.10. The van der Waals surface area contributed by atoms with Crippen LogP contribution in [0.2, 0.25) is 0 Å². The third-order valence-electron chi connectivity index (χ3n) is 5.64. The van der Waals surface area contributed by atoms with Crippen molar-refractivity contribution in [2.24, 2.45) is 16.1 Å². The molecule has 1 aromatic carbocycles. The molecule has 0 aliphatic heterocycles. The van der Waals surface area contributed by atoms with E-state index in [0.717, 1.165) is 38.3 Å². The number of nitrogens with zero attached hydrogens (tertiary/aromatic N) is 1. The molecule has 3 rings (SSSR count). The van der Waals surface area contributed by atoms with E-state index in [1.807, 2.05) is 6.92 Å². The Labute approximate surface area is 145 Å². The molecule has 0 atom stereocenters. The van der Waals surface area contributed by atoms with Crippen LogP contribution in [0, 0.1) is 5.41 Å². The van der Waals surface area contributed by atoms with E-state index in [1.54, 1.807) is 0 Å². The lowest BCUT2D eigenvalue weighted by Gasteiger charge is -2.40. The van der Waals surface area contributed by atoms with Gasteiger partial charge in [0.2, 0.25) is 0 Å². The molecule has 1 aromatic rings. The van der Waals surface area contributed by atoms with Crippen LogP contribution in [-0.4, -0.2) is 25.7 Å². The summed E-state index contributed by atoms with van der Waals surface area (Å²) < 4.78 is 5.53. The summed E-state index contributed by atoms with van der Waals surface area (Å²) in [7, 11) is 0. The van der Waals surface area contributed by atoms with Crippen LogP contribution in [0.3, 0.4) is 0 Å². The first-order valence-electron chi connectivity index (χ1n) is 9.48. The number of ether oxygens (including phenoxy) is 1. The van der Waals surface area contributed by atoms with Gasteiger partial charge in [-0.2, -0.15) is 0 Å². The van der Waals surface area contributed by atoms with Gasteiger partial charge in [-0.3, -0.25) is 4.99 Å². The fourth-order valence-corrected chi connectivity index (χ4v) is 3.93. The van der Waals surface area contributed by atoms with Crippen LogP contribution in [0.1, 0.15) is 56.6 Å². The van der Waals surface area contributed by atoms with Crippen LogP contribution in [0.25, 0.3) is 0 Å². The van der Waals surface area contributed by atoms with Gasteiger partial charge in [0, 0.05) is 25.4 Å². The van der Waals surface area contributed by atoms with E-state index in [2.05, 4.69) is 28.5 Å². The van der Waals surface area contributed by atoms with Crippen molar-refractivity contribution in [1.29, 1.82) is 0 Å². The summed E-state index contributed by atoms with van der Waals surface area (Å²) in [6, 6.07) is 6.49. The minimum absolute atomic E-state index is 0.317. The first-order valence-corrected chi connectivity index (χ1v) is 9.48. The van der Waals surface area contributed by atoms with Crippen LogP contribution in [0.4, 0.5) is 5.69 Å². The Morgan fingerprint density at radius 3 is 2.83 bits per heavy atom. The molecule has 24 heavy (non-hydrogen) atoms. The van der Waals surface area contributed by atoms with E-state index < -0.39 is 0 Å². The number of benzene rings is 1. The number of nitrogens with two attached hydrogens (primary N) is 1. The van der Waals surface area contributed by atoms with Crippen molar-refractivity contribution in [3.63, 3.8) is 0 Å². The first-order chi connectivity index (χ1) is 11.7. The highest BCUT2D eigenvalue weighted by Gasteiger charge is 2.36. The molecule has 0 amide bonds. The highest BCUT2D eigenvalue weighted by atomic mass is 16.5. The molecule has 132 valence electrons. The lowest BCUT2D eigenvalue weighted by atomic mass is 9.67. The van der Waals surface area contributed by atoms with E-state index in [4.69, 9.17) is 10.5 Å². The molecule has 0 unspecified atom stereocenters. The number of aryl methyl sites for hydroxylation is 1. The highest BCUT2D eigenvalue weighted by Crippen LogP contribution is 2.44. The Morgan fingerprint density at radius 1 is 1.25 bits per heavy atom. The van der Waals surface area contributed by atoms with E-state index in [-0.39, 0.29) is 0 Å². The summed E-state index contributed by atoms with van der Waals surface area (Å²) in [5.41, 5.74) is 10.5. The lowest BCUT2D eigenvalue weighted by molar-refractivity contribution is 0.0610. The summed E-state index contributed by atoms with van der Waals surface area (Å²) in [5, 5.41) is 3.35. The normalized spacial score (nSPS) is 19.5. The van der Waals surface area contributed by atoms with Crippen molar-refractivity contribution in [3.8, 4) is 0 Å². The Hall–Kier alpha value is -1.55. The molecule has 0 heterocycles. The van der Waals surface area contributed by atoms with Gasteiger partial charge in [0.05, 0.1) is 0 Å². The Morgan fingerprint density at radius 2 is 2.08 bits per heavy atom. The van der Waals surface area contributed by atoms with Gasteiger partial charge in [-0.05, 0) is 74.5 Å². The van der Waals surface area contributed by atoms with Crippen molar-refractivity contribution in [1.82, 2.24) is 0 Å². The average molecular weight is 329 g/mol. The molecule has 4 heteroatoms. The standard InChI is InChI=1S/C20H31N3O/c1-2-24-14-13-20(11-6-12-20)15-22-19(21)23-18-10-5-8-16-7-3-4-9-17(16)18/h5,8,10H,2-4,6-7,9,11-15H2,1H3,(H3,21,22,23). The molecule has 1 saturated carbocycles. The highest BCUT2D eigenvalue weighted by molar-refractivity contribution is 5.93. The molecule has 4 nitrogen and oxygen atoms in total. The van der Waals surface area contributed by atoms with Crippen molar-refractivity contribution >= 4 is 11.6 Å². The van der Waals surface area contributed by atoms with E-state index >= 15 is 0 Å². The Kier molecular flexibility index (Phi) is 5.77. The zero-order valence-electron chi connectivity index (χ0n) is 14.9. The second kappa shape index (κ2) is 8.02. The molecule has 1 fully saturated rings. The fraction of sp³-hybridized carbons (Fsp3) is 0.650. The van der Waals surface area contributed by atoms with Crippen molar-refractivity contribution in [3.05, 3.63) is 29.3 Å². The molecule has 2 aliphatic rings. The number of anilines is 1. The zero-order chi connectivity index (χ0) is 16.8. The number of hydrogen-bond donors (Lipinski definition) is 2. The molecule has 0 bridgehead atoms. The predicted octanol–water partition coefficient (Wildman–Crippen LogP) is 3.89. The summed E-state index contributed by atoms with van der Waals surface area (Å²) >= 11 is 0. The Balaban J connectivity index is 1.60. The van der Waals surface area contributed by atoms with Gasteiger partial charge < -0.3 is 15.8 Å². The minimum atomic E-state index is 0.317. The summed E-state index contributed by atoms with van der Waals surface area (Å²) in [5.74, 6) is 0.552. The second-order valence-electron chi connectivity index (χ2n) is 7.28. The van der Waals surface area contributed by atoms with Crippen LogP contribution in [0.15, 0.2) is 23.2 Å². The van der Waals surface area contributed by atoms with Crippen LogP contribution in [0.5, 0.6) is 0 Å². The molecule has 0 spiro atoms. The predicted molar refractivity (Wildman–Crippen MR) is 101 cm³/mol. The number of guanidine groups is 1. The summed E-state index contributed by atoms with van der Waals surface area (Å²) in [6.45, 7) is 4.50. The molecule has 0 aromatic heterocycles. The molecule has 0 radical (unpaired) electrons. The molecule has 2 aliphatic carbocycles. The van der Waals surface area contributed by atoms with Gasteiger partial charge in [-0.25, -0.2) is 0 Å². The number of aliphatic imine (C=N–C) groups is 1. The van der Waals surface area contributed by atoms with Gasteiger partial charge in [0.25, 0.3) is 0 Å². The maximum absolute atomic E-state index is 6.19. The maximum atomic E-state index is 6.19. The van der Waals surface area contributed by atoms with Gasteiger partial charge in [0.15, 0.2) is 5.96 Å². The number of nitrogens with one attached hydrogen (secondary N) is 1. The van der Waals surface area contributed by atoms with Crippen molar-refractivity contribution in [2.45, 2.75) is 58.3 Å². The minimum Gasteiger partial charge on any atom is -0.382 e. The number of rotatable bonds is 7. The van der Waals surface area contributed by atoms with Gasteiger partial charge in [0.1, 0.15) is 0 Å². The summed E-state index contributed by atoms with van der Waals surface area (Å²) in [6.07, 6.45) is 9.78. The maximum Gasteiger partial charge on any atom is 0.193 e. The molecule has 3 N–H and O–H groups in total. The van der Waals surface area contributed by atoms with Crippen LogP contribution >= 0.6 is 0 Å². The van der Waals surface area contributed by atoms with Crippen LogP contribution < -0.4 is 11.1 Å². The number of hydrogen-bond acceptors (Lipinski definition) is 2. The first kappa shape index (κ1) is 17.3. The number of fused-ring (bicyclic) bond motifs is 1. The van der Waals surface area contributed by atoms with Crippen molar-refractivity contribution < 1.29 is 4.74 Å². The second-order valence-corrected chi connectivity index (χ2v) is 7.28. The van der Waals surface area contributed by atoms with Crippen LogP contribution in [-0.2, 0) is 17.6 Å². The molecular weight excluding hydrogens is 298 g/mol. The fourth-order valence-electron chi connectivity index (χ4n) is 3.93. The molecular formula is C20H31N3O. The topological polar surface area (TPSA) is 59.6 Å². The monoisotopic (exact) mass is 329 g/mol.